The molecule has 1 aliphatic rings. The van der Waals surface area contributed by atoms with E-state index in [1.165, 1.54) is 6.42 Å². The van der Waals surface area contributed by atoms with E-state index in [1.807, 2.05) is 6.92 Å². The van der Waals surface area contributed by atoms with E-state index in [1.54, 1.807) is 7.11 Å². The Labute approximate surface area is 114 Å². The third-order valence-corrected chi connectivity index (χ3v) is 4.15. The van der Waals surface area contributed by atoms with Crippen molar-refractivity contribution in [3.8, 4) is 0 Å². The van der Waals surface area contributed by atoms with E-state index in [2.05, 4.69) is 5.32 Å². The maximum atomic E-state index is 12.3. The molecular weight excluding hydrogens is 255 g/mol. The lowest BCUT2D eigenvalue weighted by molar-refractivity contribution is -0.137. The summed E-state index contributed by atoms with van der Waals surface area (Å²) in [5.74, 6) is 0. The molecule has 1 fully saturated rings. The molecule has 0 aliphatic heterocycles. The molecule has 0 aromatic heterocycles. The Morgan fingerprint density at radius 2 is 1.84 bits per heavy atom. The third-order valence-electron chi connectivity index (χ3n) is 4.15. The molecule has 0 radical (unpaired) electrons. The van der Waals surface area contributed by atoms with Gasteiger partial charge < -0.3 is 10.1 Å². The Kier molecular flexibility index (Phi) is 6.60. The minimum atomic E-state index is -4.05. The molecule has 1 N–H and O–H groups in total. The lowest BCUT2D eigenvalue weighted by Crippen LogP contribution is -2.53. The minimum Gasteiger partial charge on any atom is -0.377 e. The van der Waals surface area contributed by atoms with Crippen LogP contribution in [0.5, 0.6) is 0 Å². The normalized spacial score (nSPS) is 21.3. The number of rotatable bonds is 7. The average molecular weight is 281 g/mol. The summed E-state index contributed by atoms with van der Waals surface area (Å²) in [5, 5.41) is 3.34. The van der Waals surface area contributed by atoms with Crippen molar-refractivity contribution >= 4 is 0 Å². The molecule has 1 atom stereocenters. The highest BCUT2D eigenvalue weighted by Gasteiger charge is 2.39. The van der Waals surface area contributed by atoms with E-state index in [0.29, 0.717) is 6.42 Å². The van der Waals surface area contributed by atoms with Gasteiger partial charge >= 0.3 is 6.18 Å². The second-order valence-electron chi connectivity index (χ2n) is 5.45. The lowest BCUT2D eigenvalue weighted by Gasteiger charge is -2.43. The molecule has 0 aromatic rings. The summed E-state index contributed by atoms with van der Waals surface area (Å²) in [5.41, 5.74) is -0.264. The van der Waals surface area contributed by atoms with Gasteiger partial charge in [0.1, 0.15) is 0 Å². The summed E-state index contributed by atoms with van der Waals surface area (Å²) in [7, 11) is 1.69. The zero-order chi connectivity index (χ0) is 14.4. The van der Waals surface area contributed by atoms with E-state index in [0.717, 1.165) is 32.2 Å². The average Bonchev–Trinajstić information content (AvgIpc) is 2.37. The molecule has 1 saturated carbocycles. The summed E-state index contributed by atoms with van der Waals surface area (Å²) >= 11 is 0. The van der Waals surface area contributed by atoms with Crippen LogP contribution in [0.2, 0.25) is 0 Å². The van der Waals surface area contributed by atoms with Crippen LogP contribution >= 0.6 is 0 Å². The summed E-state index contributed by atoms with van der Waals surface area (Å²) in [4.78, 5) is 0. The molecule has 114 valence electrons. The van der Waals surface area contributed by atoms with Crippen LogP contribution in [0, 0.1) is 0 Å². The van der Waals surface area contributed by atoms with Crippen LogP contribution in [-0.4, -0.2) is 31.5 Å². The van der Waals surface area contributed by atoms with Crippen molar-refractivity contribution in [2.45, 2.75) is 76.1 Å². The standard InChI is InChI=1S/C14H26F3NO/c1-3-18-12(8-7-11-14(15,16)17)13(19-2)9-5-4-6-10-13/h12,18H,3-11H2,1-2H3. The molecular formula is C14H26F3NO. The fourth-order valence-corrected chi connectivity index (χ4v) is 3.15. The highest BCUT2D eigenvalue weighted by atomic mass is 19.4. The predicted octanol–water partition coefficient (Wildman–Crippen LogP) is 4.05. The molecule has 1 rings (SSSR count). The molecule has 1 aliphatic carbocycles. The smallest absolute Gasteiger partial charge is 0.377 e. The van der Waals surface area contributed by atoms with E-state index in [4.69, 9.17) is 4.74 Å². The van der Waals surface area contributed by atoms with Gasteiger partial charge in [-0.1, -0.05) is 26.2 Å². The zero-order valence-electron chi connectivity index (χ0n) is 12.0. The first kappa shape index (κ1) is 16.8. The van der Waals surface area contributed by atoms with Crippen LogP contribution in [0.4, 0.5) is 13.2 Å². The minimum absolute atomic E-state index is 0.0325. The molecule has 0 amide bonds. The van der Waals surface area contributed by atoms with Gasteiger partial charge in [0.05, 0.1) is 5.60 Å². The van der Waals surface area contributed by atoms with Gasteiger partial charge in [-0.05, 0) is 32.2 Å². The summed E-state index contributed by atoms with van der Waals surface area (Å²) in [6.45, 7) is 2.75. The van der Waals surface area contributed by atoms with Crippen LogP contribution in [0.25, 0.3) is 0 Å². The van der Waals surface area contributed by atoms with E-state index < -0.39 is 12.6 Å². The number of hydrogen-bond donors (Lipinski definition) is 1. The molecule has 0 spiro atoms. The topological polar surface area (TPSA) is 21.3 Å². The van der Waals surface area contributed by atoms with Crippen molar-refractivity contribution in [2.24, 2.45) is 0 Å². The molecule has 0 bridgehead atoms. The third kappa shape index (κ3) is 5.30. The number of nitrogens with one attached hydrogen (secondary N) is 1. The second-order valence-corrected chi connectivity index (χ2v) is 5.45. The maximum absolute atomic E-state index is 12.3. The summed E-state index contributed by atoms with van der Waals surface area (Å²) in [6, 6.07) is 0.0325. The highest BCUT2D eigenvalue weighted by molar-refractivity contribution is 4.95. The van der Waals surface area contributed by atoms with Crippen molar-refractivity contribution in [1.29, 1.82) is 0 Å². The van der Waals surface area contributed by atoms with Gasteiger partial charge in [0, 0.05) is 19.6 Å². The molecule has 1 unspecified atom stereocenters. The van der Waals surface area contributed by atoms with Crippen LogP contribution in [0.1, 0.15) is 58.3 Å². The first-order valence-electron chi connectivity index (χ1n) is 7.29. The Hall–Kier alpha value is -0.290. The Bertz CT molecular complexity index is 250. The molecule has 2 nitrogen and oxygen atoms in total. The van der Waals surface area contributed by atoms with Gasteiger partial charge in [0.2, 0.25) is 0 Å². The van der Waals surface area contributed by atoms with Gasteiger partial charge in [-0.2, -0.15) is 13.2 Å². The number of ether oxygens (including phenoxy) is 1. The molecule has 5 heteroatoms. The van der Waals surface area contributed by atoms with Crippen molar-refractivity contribution in [1.82, 2.24) is 5.32 Å². The van der Waals surface area contributed by atoms with Crippen molar-refractivity contribution < 1.29 is 17.9 Å². The predicted molar refractivity (Wildman–Crippen MR) is 70.2 cm³/mol. The Morgan fingerprint density at radius 3 is 2.32 bits per heavy atom. The van der Waals surface area contributed by atoms with Gasteiger partial charge in [0.15, 0.2) is 0 Å². The first-order chi connectivity index (χ1) is 8.93. The Balaban J connectivity index is 2.58. The van der Waals surface area contributed by atoms with Crippen LogP contribution < -0.4 is 5.32 Å². The zero-order valence-corrected chi connectivity index (χ0v) is 12.0. The van der Waals surface area contributed by atoms with Gasteiger partial charge in [-0.3, -0.25) is 0 Å². The molecule has 0 saturated heterocycles. The number of methoxy groups -OCH3 is 1. The maximum Gasteiger partial charge on any atom is 0.389 e. The highest BCUT2D eigenvalue weighted by Crippen LogP contribution is 2.36. The fourth-order valence-electron chi connectivity index (χ4n) is 3.15. The first-order valence-corrected chi connectivity index (χ1v) is 7.29. The molecule has 0 aromatic carbocycles. The molecule has 0 heterocycles. The number of halogens is 3. The van der Waals surface area contributed by atoms with E-state index in [-0.39, 0.29) is 18.1 Å². The quantitative estimate of drug-likeness (QED) is 0.760. The lowest BCUT2D eigenvalue weighted by atomic mass is 9.77. The molecule has 19 heavy (non-hydrogen) atoms. The monoisotopic (exact) mass is 281 g/mol. The van der Waals surface area contributed by atoms with Gasteiger partial charge in [-0.25, -0.2) is 0 Å². The van der Waals surface area contributed by atoms with Gasteiger partial charge in [-0.15, -0.1) is 0 Å². The van der Waals surface area contributed by atoms with Crippen LogP contribution in [0.3, 0.4) is 0 Å². The van der Waals surface area contributed by atoms with E-state index in [9.17, 15) is 13.2 Å². The van der Waals surface area contributed by atoms with Gasteiger partial charge in [0.25, 0.3) is 0 Å². The van der Waals surface area contributed by atoms with Crippen molar-refractivity contribution in [3.05, 3.63) is 0 Å². The summed E-state index contributed by atoms with van der Waals surface area (Å²) < 4.78 is 42.5. The van der Waals surface area contributed by atoms with Crippen molar-refractivity contribution in [3.63, 3.8) is 0 Å². The number of hydrogen-bond acceptors (Lipinski definition) is 2. The summed E-state index contributed by atoms with van der Waals surface area (Å²) in [6.07, 6.45) is 1.27. The second kappa shape index (κ2) is 7.48. The van der Waals surface area contributed by atoms with Crippen molar-refractivity contribution in [2.75, 3.05) is 13.7 Å². The Morgan fingerprint density at radius 1 is 1.21 bits per heavy atom. The number of likely N-dealkylation sites (N-methyl/N-ethyl adjacent to an activating group) is 1. The fraction of sp³-hybridized carbons (Fsp3) is 1.00. The number of alkyl halides is 3. The van der Waals surface area contributed by atoms with Crippen LogP contribution in [-0.2, 0) is 4.74 Å². The largest absolute Gasteiger partial charge is 0.389 e. The van der Waals surface area contributed by atoms with Crippen LogP contribution in [0.15, 0.2) is 0 Å². The van der Waals surface area contributed by atoms with E-state index >= 15 is 0 Å². The SMILES string of the molecule is CCNC(CCCC(F)(F)F)C1(OC)CCCCC1.